The molecular formula is C70H82F3N11O17S2. The molecule has 7 rings (SSSR count). The number of fused-ring (bicyclic) bond motifs is 1. The van der Waals surface area contributed by atoms with Crippen LogP contribution in [0.25, 0.3) is 11.2 Å². The number of hydrogen-bond donors (Lipinski definition) is 6. The van der Waals surface area contributed by atoms with Crippen LogP contribution < -0.4 is 46.5 Å². The van der Waals surface area contributed by atoms with Crippen molar-refractivity contribution in [2.75, 3.05) is 76.9 Å². The number of halogens is 3. The van der Waals surface area contributed by atoms with Gasteiger partial charge in [-0.3, -0.25) is 58.4 Å². The summed E-state index contributed by atoms with van der Waals surface area (Å²) in [5.74, 6) is -6.55. The van der Waals surface area contributed by atoms with Crippen LogP contribution in [-0.2, 0) is 74.2 Å². The van der Waals surface area contributed by atoms with E-state index in [0.29, 0.717) is 48.0 Å². The Morgan fingerprint density at radius 2 is 1.35 bits per heavy atom. The summed E-state index contributed by atoms with van der Waals surface area (Å²) in [6.07, 6.45) is -3.83. The van der Waals surface area contributed by atoms with Gasteiger partial charge in [0, 0.05) is 74.4 Å². The summed E-state index contributed by atoms with van der Waals surface area (Å²) in [4.78, 5) is 159. The third-order valence-electron chi connectivity index (χ3n) is 16.4. The molecule has 4 atom stereocenters. The minimum atomic E-state index is -5.40. The van der Waals surface area contributed by atoms with Gasteiger partial charge in [-0.1, -0.05) is 96.5 Å². The summed E-state index contributed by atoms with van der Waals surface area (Å²) in [6.45, 7) is 2.84. The number of esters is 3. The molecular weight excluding hydrogens is 1390 g/mol. The van der Waals surface area contributed by atoms with E-state index in [2.05, 4.69) is 46.5 Å². The van der Waals surface area contributed by atoms with Gasteiger partial charge in [0.15, 0.2) is 11.2 Å². The van der Waals surface area contributed by atoms with E-state index >= 15 is 0 Å². The highest BCUT2D eigenvalue weighted by molar-refractivity contribution is 8.76. The lowest BCUT2D eigenvalue weighted by Gasteiger charge is -2.38. The van der Waals surface area contributed by atoms with Gasteiger partial charge in [0.05, 0.1) is 72.5 Å². The van der Waals surface area contributed by atoms with Gasteiger partial charge in [-0.25, -0.2) is 19.6 Å². The van der Waals surface area contributed by atoms with Crippen molar-refractivity contribution in [1.82, 2.24) is 46.1 Å². The van der Waals surface area contributed by atoms with Gasteiger partial charge in [-0.05, 0) is 84.5 Å². The Morgan fingerprint density at radius 3 is 1.96 bits per heavy atom. The molecule has 6 N–H and O–H groups in total. The van der Waals surface area contributed by atoms with Gasteiger partial charge < -0.3 is 54.6 Å². The number of rotatable bonds is 37. The Balaban J connectivity index is 0.861. The number of amides is 7. The fourth-order valence-corrected chi connectivity index (χ4v) is 13.0. The smallest absolute Gasteiger partial charge is 0.471 e. The largest absolute Gasteiger partial charge is 0.497 e. The zero-order valence-corrected chi connectivity index (χ0v) is 59.4. The van der Waals surface area contributed by atoms with Crippen molar-refractivity contribution in [1.29, 1.82) is 0 Å². The number of aromatic nitrogens is 4. The standard InChI is InChI=1S/C70H82F3N11O17S2/c1-42(2)62(90)81-68-80-61-60(64(92)82-68)77-47(37-76-61)38-84(67(95)70(71,72)73)48-23-17-43(18-24-48)63(91)79-53(65(93)98-6)29-30-57(87)78-54(66(94)99-7)41-103-102-35-33-56(86)75-34-13-9-12-16-58(88)83-39-52(101-59(89)32-31-55(85)74-3)36-49(83)40-100-69(44-14-10-8-11-15-44,45-19-25-50(96-4)26-20-45)46-21-27-51(97-5)28-22-46/h8,10-11,14-15,17-28,37,42,49,52-54H,9,12-13,16,29-36,38-41H2,1-7H3,(H,74,85)(H,75,86)(H,78,87)(H,79,91)(H2,76,80,81,82,90,92)/t49-,52+,53+,54-/m0/s1. The molecule has 103 heavy (non-hydrogen) atoms. The number of nitrogens with zero attached hydrogens (tertiary/aromatic N) is 5. The van der Waals surface area contributed by atoms with Gasteiger partial charge in [0.2, 0.25) is 35.5 Å². The molecule has 6 aromatic rings. The van der Waals surface area contributed by atoms with E-state index in [1.165, 1.54) is 28.6 Å². The number of carbonyl (C=O) groups excluding carboxylic acids is 10. The van der Waals surface area contributed by atoms with E-state index < -0.39 is 108 Å². The van der Waals surface area contributed by atoms with Gasteiger partial charge in [-0.2, -0.15) is 18.2 Å². The lowest BCUT2D eigenvalue weighted by Crippen LogP contribution is -2.45. The summed E-state index contributed by atoms with van der Waals surface area (Å²) < 4.78 is 75.7. The zero-order chi connectivity index (χ0) is 74.8. The predicted molar refractivity (Wildman–Crippen MR) is 374 cm³/mol. The molecule has 0 unspecified atom stereocenters. The number of likely N-dealkylation sites (tertiary alicyclic amines) is 1. The highest BCUT2D eigenvalue weighted by Crippen LogP contribution is 2.43. The van der Waals surface area contributed by atoms with Gasteiger partial charge >= 0.3 is 30.0 Å². The van der Waals surface area contributed by atoms with Gasteiger partial charge in [0.1, 0.15) is 35.3 Å². The highest BCUT2D eigenvalue weighted by atomic mass is 33.1. The van der Waals surface area contributed by atoms with Crippen molar-refractivity contribution in [3.8, 4) is 11.5 Å². The second-order valence-electron chi connectivity index (χ2n) is 23.8. The Kier molecular flexibility index (Phi) is 30.2. The number of alkyl halides is 3. The number of anilines is 2. The fourth-order valence-electron chi connectivity index (χ4n) is 10.9. The van der Waals surface area contributed by atoms with Crippen molar-refractivity contribution < 1.29 is 89.5 Å². The highest BCUT2D eigenvalue weighted by Gasteiger charge is 2.45. The van der Waals surface area contributed by atoms with Crippen molar-refractivity contribution in [2.24, 2.45) is 5.92 Å². The summed E-state index contributed by atoms with van der Waals surface area (Å²) in [6, 6.07) is 25.9. The molecule has 0 aliphatic carbocycles. The average Bonchev–Trinajstić information content (AvgIpc) is 1.23. The number of aromatic amines is 1. The number of methoxy groups -OCH3 is 4. The molecule has 28 nitrogen and oxygen atoms in total. The number of benzene rings is 4. The molecule has 4 aromatic carbocycles. The maximum atomic E-state index is 14.2. The first-order valence-corrected chi connectivity index (χ1v) is 35.3. The monoisotopic (exact) mass is 1470 g/mol. The molecule has 33 heteroatoms. The Bertz CT molecular complexity index is 3940. The lowest BCUT2D eigenvalue weighted by molar-refractivity contribution is -0.170. The molecule has 3 heterocycles. The van der Waals surface area contributed by atoms with E-state index in [0.717, 1.165) is 61.4 Å². The van der Waals surface area contributed by atoms with Crippen LogP contribution in [0.2, 0.25) is 0 Å². The first-order valence-electron chi connectivity index (χ1n) is 32.8. The van der Waals surface area contributed by atoms with E-state index in [1.54, 1.807) is 33.0 Å². The Labute approximate surface area is 599 Å². The summed E-state index contributed by atoms with van der Waals surface area (Å²) in [7, 11) is 9.25. The molecule has 1 aliphatic heterocycles. The van der Waals surface area contributed by atoms with E-state index in [9.17, 15) is 65.9 Å². The van der Waals surface area contributed by atoms with E-state index in [4.69, 9.17) is 28.4 Å². The summed E-state index contributed by atoms with van der Waals surface area (Å²) in [5, 5.41) is 12.8. The van der Waals surface area contributed by atoms with Crippen molar-refractivity contribution in [3.05, 3.63) is 148 Å². The third-order valence-corrected chi connectivity index (χ3v) is 18.8. The number of hydrogen-bond acceptors (Lipinski definition) is 22. The Hall–Kier alpha value is -10.2. The van der Waals surface area contributed by atoms with E-state index in [-0.39, 0.29) is 104 Å². The third kappa shape index (κ3) is 22.9. The van der Waals surface area contributed by atoms with Crippen LogP contribution in [0.3, 0.4) is 0 Å². The van der Waals surface area contributed by atoms with Crippen molar-refractivity contribution in [3.63, 3.8) is 0 Å². The lowest BCUT2D eigenvalue weighted by atomic mass is 9.80. The molecule has 1 aliphatic rings. The van der Waals surface area contributed by atoms with Crippen LogP contribution in [0.4, 0.5) is 24.8 Å². The van der Waals surface area contributed by atoms with Crippen LogP contribution in [0, 0.1) is 5.92 Å². The summed E-state index contributed by atoms with van der Waals surface area (Å²) in [5.41, 5.74) is -1.13. The molecule has 0 saturated carbocycles. The predicted octanol–water partition coefficient (Wildman–Crippen LogP) is 6.63. The van der Waals surface area contributed by atoms with E-state index in [1.807, 2.05) is 78.9 Å². The van der Waals surface area contributed by atoms with Crippen molar-refractivity contribution >= 4 is 104 Å². The van der Waals surface area contributed by atoms with Crippen LogP contribution in [0.15, 0.2) is 114 Å². The normalized spacial score (nSPS) is 14.1. The van der Waals surface area contributed by atoms with Crippen LogP contribution in [0.5, 0.6) is 11.5 Å². The molecule has 2 aromatic heterocycles. The summed E-state index contributed by atoms with van der Waals surface area (Å²) >= 11 is 0. The van der Waals surface area contributed by atoms with Gasteiger partial charge in [0.25, 0.3) is 11.5 Å². The van der Waals surface area contributed by atoms with Gasteiger partial charge in [-0.15, -0.1) is 0 Å². The molecule has 552 valence electrons. The topological polar surface area (TPSA) is 364 Å². The maximum absolute atomic E-state index is 14.2. The molecule has 1 fully saturated rings. The molecule has 1 saturated heterocycles. The first kappa shape index (κ1) is 80.2. The minimum absolute atomic E-state index is 0.00886. The number of unbranched alkanes of at least 4 members (excludes halogenated alkanes) is 2. The van der Waals surface area contributed by atoms with Crippen LogP contribution in [0.1, 0.15) is 111 Å². The SMILES string of the molecule is CNC(=O)CCC(=O)O[C@@H]1C[C@@H](COC(c2ccccc2)(c2ccc(OC)cc2)c2ccc(OC)cc2)N(C(=O)CCCCCNC(=O)CCSSC[C@H](NC(=O)CC[C@@H](NC(=O)c2ccc(N(Cc3cnc4nc(NC(=O)C(C)C)[nH]c(=O)c4n3)C(=O)C(F)(F)F)cc2)C(=O)OC)C(=O)OC)C1. The number of H-pyrrole nitrogens is 1. The second-order valence-corrected chi connectivity index (χ2v) is 26.4. The molecule has 0 spiro atoms. The molecule has 0 bridgehead atoms. The van der Waals surface area contributed by atoms with Crippen molar-refractivity contribution in [2.45, 2.75) is 121 Å². The zero-order valence-electron chi connectivity index (χ0n) is 57.7. The van der Waals surface area contributed by atoms with Crippen LogP contribution in [-0.4, -0.2) is 181 Å². The molecule has 7 amide bonds. The molecule has 0 radical (unpaired) electrons. The fraction of sp³-hybridized carbons (Fsp3) is 0.429. The number of ether oxygens (including phenoxy) is 6. The Morgan fingerprint density at radius 1 is 0.709 bits per heavy atom. The minimum Gasteiger partial charge on any atom is -0.497 e. The quantitative estimate of drug-likeness (QED) is 0.00783. The first-order chi connectivity index (χ1) is 49.3. The average molecular weight is 1470 g/mol. The number of nitrogens with one attached hydrogen (secondary N) is 6. The van der Waals surface area contributed by atoms with Crippen LogP contribution >= 0.6 is 21.6 Å². The maximum Gasteiger partial charge on any atom is 0.471 e. The second kappa shape index (κ2) is 38.8. The number of carbonyl (C=O) groups is 10.